The molecule has 2 rings (SSSR count). The summed E-state index contributed by atoms with van der Waals surface area (Å²) in [7, 11) is -0.722. The molecule has 23 heavy (non-hydrogen) atoms. The normalized spacial score (nSPS) is 11.1. The van der Waals surface area contributed by atoms with Gasteiger partial charge >= 0.3 is 0 Å². The van der Waals surface area contributed by atoms with Crippen molar-refractivity contribution in [1.29, 1.82) is 0 Å². The lowest BCUT2D eigenvalue weighted by Gasteiger charge is -2.10. The molecule has 2 aromatic rings. The van der Waals surface area contributed by atoms with Crippen LogP contribution in [0, 0.1) is 0 Å². The molecule has 0 bridgehead atoms. The molecule has 0 aliphatic carbocycles. The highest BCUT2D eigenvalue weighted by Gasteiger charge is 2.15. The summed E-state index contributed by atoms with van der Waals surface area (Å²) in [6.45, 7) is 0.264. The van der Waals surface area contributed by atoms with Crippen LogP contribution in [-0.4, -0.2) is 28.5 Å². The lowest BCUT2D eigenvalue weighted by atomic mass is 10.2. The zero-order chi connectivity index (χ0) is 17.0. The molecule has 1 amide bonds. The fourth-order valence-electron chi connectivity index (χ4n) is 1.86. The molecule has 7 nitrogen and oxygen atoms in total. The minimum absolute atomic E-state index is 0.0474. The number of thiophene rings is 1. The number of hydrogen-bond donors (Lipinski definition) is 2. The second-order valence-corrected chi connectivity index (χ2v) is 7.27. The van der Waals surface area contributed by atoms with Crippen molar-refractivity contribution >= 4 is 27.3 Å². The predicted molar refractivity (Wildman–Crippen MR) is 86.4 cm³/mol. The number of nitrogens with one attached hydrogen (secondary N) is 1. The van der Waals surface area contributed by atoms with Crippen molar-refractivity contribution in [3.8, 4) is 11.5 Å². The summed E-state index contributed by atoms with van der Waals surface area (Å²) in [5.74, 6) is 0.774. The summed E-state index contributed by atoms with van der Waals surface area (Å²) < 4.78 is 32.7. The number of ether oxygens (including phenoxy) is 2. The molecular formula is C14H16N2O5S2. The van der Waals surface area contributed by atoms with E-state index in [9.17, 15) is 13.2 Å². The van der Waals surface area contributed by atoms with Crippen molar-refractivity contribution in [3.05, 3.63) is 40.8 Å². The SMILES string of the molecule is COc1ccc(CNC(=O)c2csc(S(N)(=O)=O)c2)cc1OC. The molecule has 0 saturated carbocycles. The topological polar surface area (TPSA) is 108 Å². The van der Waals surface area contributed by atoms with Gasteiger partial charge in [0.05, 0.1) is 19.8 Å². The fraction of sp³-hybridized carbons (Fsp3) is 0.214. The zero-order valence-electron chi connectivity index (χ0n) is 12.5. The van der Waals surface area contributed by atoms with Gasteiger partial charge in [-0.25, -0.2) is 13.6 Å². The highest BCUT2D eigenvalue weighted by molar-refractivity contribution is 7.91. The first-order valence-corrected chi connectivity index (χ1v) is 8.88. The van der Waals surface area contributed by atoms with Crippen LogP contribution in [0.1, 0.15) is 15.9 Å². The van der Waals surface area contributed by atoms with Gasteiger partial charge in [-0.15, -0.1) is 11.3 Å². The molecule has 9 heteroatoms. The number of benzene rings is 1. The molecule has 0 radical (unpaired) electrons. The van der Waals surface area contributed by atoms with E-state index in [-0.39, 0.29) is 22.2 Å². The number of amides is 1. The van der Waals surface area contributed by atoms with Gasteiger partial charge in [-0.05, 0) is 23.8 Å². The molecule has 0 saturated heterocycles. The van der Waals surface area contributed by atoms with Gasteiger partial charge in [0.2, 0.25) is 10.0 Å². The molecule has 1 aromatic carbocycles. The standard InChI is InChI=1S/C14H16N2O5S2/c1-20-11-4-3-9(5-12(11)21-2)7-16-14(17)10-6-13(22-8-10)23(15,18)19/h3-6,8H,7H2,1-2H3,(H,16,17)(H2,15,18,19). The van der Waals surface area contributed by atoms with E-state index in [1.54, 1.807) is 25.3 Å². The number of rotatable bonds is 6. The van der Waals surface area contributed by atoms with Gasteiger partial charge in [0.15, 0.2) is 11.5 Å². The predicted octanol–water partition coefficient (Wildman–Crippen LogP) is 1.34. The van der Waals surface area contributed by atoms with E-state index >= 15 is 0 Å². The molecule has 0 aliphatic heterocycles. The Labute approximate surface area is 138 Å². The number of nitrogens with two attached hydrogens (primary N) is 1. The zero-order valence-corrected chi connectivity index (χ0v) is 14.2. The molecule has 1 heterocycles. The number of carbonyl (C=O) groups is 1. The highest BCUT2D eigenvalue weighted by Crippen LogP contribution is 2.27. The van der Waals surface area contributed by atoms with Gasteiger partial charge in [0, 0.05) is 11.9 Å². The fourth-order valence-corrected chi connectivity index (χ4v) is 3.45. The lowest BCUT2D eigenvalue weighted by molar-refractivity contribution is 0.0951. The van der Waals surface area contributed by atoms with Crippen LogP contribution in [0.15, 0.2) is 33.9 Å². The molecule has 3 N–H and O–H groups in total. The summed E-state index contributed by atoms with van der Waals surface area (Å²) in [4.78, 5) is 12.0. The lowest BCUT2D eigenvalue weighted by Crippen LogP contribution is -2.22. The highest BCUT2D eigenvalue weighted by atomic mass is 32.2. The molecule has 1 aromatic heterocycles. The maximum absolute atomic E-state index is 12.0. The number of primary sulfonamides is 1. The minimum Gasteiger partial charge on any atom is -0.493 e. The van der Waals surface area contributed by atoms with E-state index in [1.165, 1.54) is 18.6 Å². The Balaban J connectivity index is 2.06. The summed E-state index contributed by atoms with van der Waals surface area (Å²) in [6.07, 6.45) is 0. The Morgan fingerprint density at radius 2 is 1.91 bits per heavy atom. The van der Waals surface area contributed by atoms with Crippen LogP contribution < -0.4 is 19.9 Å². The van der Waals surface area contributed by atoms with Crippen LogP contribution in [0.5, 0.6) is 11.5 Å². The molecule has 0 atom stereocenters. The molecule has 0 aliphatic rings. The van der Waals surface area contributed by atoms with Crippen LogP contribution >= 0.6 is 11.3 Å². The van der Waals surface area contributed by atoms with E-state index in [0.717, 1.165) is 16.9 Å². The average molecular weight is 356 g/mol. The summed E-state index contributed by atoms with van der Waals surface area (Å²) >= 11 is 0.907. The van der Waals surface area contributed by atoms with Crippen molar-refractivity contribution in [2.45, 2.75) is 10.8 Å². The van der Waals surface area contributed by atoms with Crippen LogP contribution in [0.2, 0.25) is 0 Å². The summed E-state index contributed by atoms with van der Waals surface area (Å²) in [6, 6.07) is 6.54. The van der Waals surface area contributed by atoms with Crippen LogP contribution in [0.3, 0.4) is 0 Å². The maximum atomic E-state index is 12.0. The van der Waals surface area contributed by atoms with Crippen molar-refractivity contribution in [2.75, 3.05) is 14.2 Å². The van der Waals surface area contributed by atoms with Crippen molar-refractivity contribution in [2.24, 2.45) is 5.14 Å². The van der Waals surface area contributed by atoms with Gasteiger partial charge in [0.1, 0.15) is 4.21 Å². The monoisotopic (exact) mass is 356 g/mol. The van der Waals surface area contributed by atoms with Gasteiger partial charge < -0.3 is 14.8 Å². The van der Waals surface area contributed by atoms with Crippen LogP contribution in [0.4, 0.5) is 0 Å². The molecule has 0 fully saturated rings. The number of hydrogen-bond acceptors (Lipinski definition) is 6. The Morgan fingerprint density at radius 1 is 1.22 bits per heavy atom. The van der Waals surface area contributed by atoms with Crippen molar-refractivity contribution in [3.63, 3.8) is 0 Å². The van der Waals surface area contributed by atoms with E-state index in [2.05, 4.69) is 5.32 Å². The van der Waals surface area contributed by atoms with Crippen LogP contribution in [-0.2, 0) is 16.6 Å². The molecule has 0 spiro atoms. The Hall–Kier alpha value is -2.10. The first-order valence-electron chi connectivity index (χ1n) is 6.45. The van der Waals surface area contributed by atoms with Gasteiger partial charge in [-0.1, -0.05) is 6.07 Å². The Kier molecular flexibility index (Phi) is 5.24. The smallest absolute Gasteiger partial charge is 0.252 e. The second kappa shape index (κ2) is 6.99. The third kappa shape index (κ3) is 4.21. The third-order valence-electron chi connectivity index (χ3n) is 3.02. The van der Waals surface area contributed by atoms with Gasteiger partial charge in [-0.3, -0.25) is 4.79 Å². The minimum atomic E-state index is -3.79. The average Bonchev–Trinajstić information content (AvgIpc) is 3.02. The largest absolute Gasteiger partial charge is 0.493 e. The maximum Gasteiger partial charge on any atom is 0.252 e. The van der Waals surface area contributed by atoms with E-state index in [1.807, 2.05) is 0 Å². The second-order valence-electron chi connectivity index (χ2n) is 4.57. The number of carbonyl (C=O) groups excluding carboxylic acids is 1. The summed E-state index contributed by atoms with van der Waals surface area (Å²) in [5.41, 5.74) is 1.07. The van der Waals surface area contributed by atoms with E-state index in [4.69, 9.17) is 14.6 Å². The number of sulfonamides is 1. The molecule has 124 valence electrons. The van der Waals surface area contributed by atoms with Crippen molar-refractivity contribution in [1.82, 2.24) is 5.32 Å². The molecule has 0 unspecified atom stereocenters. The Morgan fingerprint density at radius 3 is 2.48 bits per heavy atom. The summed E-state index contributed by atoms with van der Waals surface area (Å²) in [5, 5.41) is 9.17. The quantitative estimate of drug-likeness (QED) is 0.812. The van der Waals surface area contributed by atoms with E-state index < -0.39 is 10.0 Å². The Bertz CT molecular complexity index is 814. The first-order chi connectivity index (χ1) is 10.8. The molecular weight excluding hydrogens is 340 g/mol. The number of methoxy groups -OCH3 is 2. The van der Waals surface area contributed by atoms with Gasteiger partial charge in [-0.2, -0.15) is 0 Å². The van der Waals surface area contributed by atoms with Crippen LogP contribution in [0.25, 0.3) is 0 Å². The van der Waals surface area contributed by atoms with Gasteiger partial charge in [0.25, 0.3) is 5.91 Å². The van der Waals surface area contributed by atoms with E-state index in [0.29, 0.717) is 11.5 Å². The van der Waals surface area contributed by atoms with Crippen molar-refractivity contribution < 1.29 is 22.7 Å². The first kappa shape index (κ1) is 17.3. The third-order valence-corrected chi connectivity index (χ3v) is 5.41.